The molecule has 2 aliphatic rings. The zero-order valence-electron chi connectivity index (χ0n) is 11.4. The topological polar surface area (TPSA) is 43.4 Å². The molecular weight excluding hydrogens is 216 g/mol. The van der Waals surface area contributed by atoms with E-state index in [0.717, 1.165) is 5.57 Å². The molecule has 1 aliphatic carbocycles. The molecule has 0 unspecified atom stereocenters. The second-order valence-electron chi connectivity index (χ2n) is 6.79. The van der Waals surface area contributed by atoms with Gasteiger partial charge in [-0.1, -0.05) is 41.5 Å². The van der Waals surface area contributed by atoms with Crippen LogP contribution in [0.4, 0.5) is 0 Å². The molecular formula is C14H20O3. The average molecular weight is 236 g/mol. The van der Waals surface area contributed by atoms with Gasteiger partial charge in [0.25, 0.3) is 0 Å². The Balaban J connectivity index is 2.75. The zero-order valence-corrected chi connectivity index (χ0v) is 11.4. The van der Waals surface area contributed by atoms with Gasteiger partial charge >= 0.3 is 5.97 Å². The van der Waals surface area contributed by atoms with Gasteiger partial charge in [-0.05, 0) is 11.0 Å². The molecule has 0 aromatic rings. The highest BCUT2D eigenvalue weighted by atomic mass is 16.5. The first-order valence-corrected chi connectivity index (χ1v) is 6.00. The summed E-state index contributed by atoms with van der Waals surface area (Å²) in [5.41, 5.74) is 0.170. The van der Waals surface area contributed by atoms with Gasteiger partial charge in [-0.25, -0.2) is 4.79 Å². The third-order valence-corrected chi connectivity index (χ3v) is 4.68. The minimum atomic E-state index is -0.543. The smallest absolute Gasteiger partial charge is 0.341 e. The van der Waals surface area contributed by atoms with E-state index in [1.165, 1.54) is 0 Å². The number of cyclic esters (lactones) is 1. The number of Topliss-reactive ketones (excluding diaryl/α,β-unsaturated/α-hetero) is 1. The molecule has 3 heteroatoms. The molecule has 3 nitrogen and oxygen atoms in total. The van der Waals surface area contributed by atoms with Crippen molar-refractivity contribution in [3.8, 4) is 0 Å². The Bertz CT molecular complexity index is 450. The van der Waals surface area contributed by atoms with Crippen molar-refractivity contribution < 1.29 is 14.3 Å². The molecule has 0 bridgehead atoms. The molecule has 0 radical (unpaired) electrons. The number of carbonyl (C=O) groups is 2. The molecule has 1 heterocycles. The summed E-state index contributed by atoms with van der Waals surface area (Å²) in [6.45, 7) is 12.4. The van der Waals surface area contributed by atoms with E-state index in [1.54, 1.807) is 0 Å². The Morgan fingerprint density at radius 3 is 1.94 bits per heavy atom. The summed E-state index contributed by atoms with van der Waals surface area (Å²) in [4.78, 5) is 24.3. The third-order valence-electron chi connectivity index (χ3n) is 4.68. The number of hydrogen-bond acceptors (Lipinski definition) is 3. The van der Waals surface area contributed by atoms with E-state index in [2.05, 4.69) is 0 Å². The number of rotatable bonds is 0. The van der Waals surface area contributed by atoms with E-state index < -0.39 is 11.4 Å². The Morgan fingerprint density at radius 1 is 0.941 bits per heavy atom. The summed E-state index contributed by atoms with van der Waals surface area (Å²) in [5.74, 6) is -0.516. The lowest BCUT2D eigenvalue weighted by atomic mass is 9.62. The lowest BCUT2D eigenvalue weighted by Crippen LogP contribution is -2.39. The van der Waals surface area contributed by atoms with Crippen LogP contribution in [0.15, 0.2) is 11.1 Å². The fourth-order valence-electron chi connectivity index (χ4n) is 3.10. The summed E-state index contributed by atoms with van der Waals surface area (Å²) < 4.78 is 5.15. The number of hydrogen-bond donors (Lipinski definition) is 0. The van der Waals surface area contributed by atoms with Crippen LogP contribution in [0, 0.1) is 16.2 Å². The van der Waals surface area contributed by atoms with E-state index in [9.17, 15) is 9.59 Å². The van der Waals surface area contributed by atoms with Gasteiger partial charge < -0.3 is 4.74 Å². The minimum Gasteiger partial charge on any atom is -0.461 e. The maximum absolute atomic E-state index is 12.4. The molecule has 0 aromatic carbocycles. The summed E-state index contributed by atoms with van der Waals surface area (Å²) in [7, 11) is 0. The van der Waals surface area contributed by atoms with Crippen LogP contribution in [0.25, 0.3) is 0 Å². The standard InChI is InChI=1S/C14H20O3/c1-12(2)7-17-11(16)8-9(12)13(3,4)14(5,6)10(8)15/h7H2,1-6H3. The Morgan fingerprint density at radius 2 is 1.47 bits per heavy atom. The molecule has 0 saturated heterocycles. The van der Waals surface area contributed by atoms with Crippen LogP contribution in [0.5, 0.6) is 0 Å². The molecule has 2 rings (SSSR count). The van der Waals surface area contributed by atoms with E-state index in [4.69, 9.17) is 4.74 Å². The zero-order chi connectivity index (χ0) is 13.2. The highest BCUT2D eigenvalue weighted by Crippen LogP contribution is 2.59. The number of ketones is 1. The lowest BCUT2D eigenvalue weighted by Gasteiger charge is -2.42. The Hall–Kier alpha value is -1.12. The summed E-state index contributed by atoms with van der Waals surface area (Å²) in [6.07, 6.45) is 0. The first-order chi connectivity index (χ1) is 7.53. The number of esters is 1. The van der Waals surface area contributed by atoms with Crippen LogP contribution < -0.4 is 0 Å². The summed E-state index contributed by atoms with van der Waals surface area (Å²) in [6, 6.07) is 0. The van der Waals surface area contributed by atoms with Crippen molar-refractivity contribution in [3.63, 3.8) is 0 Å². The quantitative estimate of drug-likeness (QED) is 0.479. The first kappa shape index (κ1) is 12.3. The van der Waals surface area contributed by atoms with Gasteiger partial charge in [-0.15, -0.1) is 0 Å². The molecule has 94 valence electrons. The highest BCUT2D eigenvalue weighted by molar-refractivity contribution is 6.23. The molecule has 1 aliphatic heterocycles. The molecule has 0 N–H and O–H groups in total. The summed E-state index contributed by atoms with van der Waals surface area (Å²) >= 11 is 0. The SMILES string of the molecule is CC1(C)COC(=O)C2=C1C(C)(C)C(C)(C)C2=O. The van der Waals surface area contributed by atoms with Crippen LogP contribution in [0.1, 0.15) is 41.5 Å². The van der Waals surface area contributed by atoms with Gasteiger partial charge in [0.15, 0.2) is 5.78 Å². The van der Waals surface area contributed by atoms with Gasteiger partial charge in [0.1, 0.15) is 12.2 Å². The van der Waals surface area contributed by atoms with E-state index in [0.29, 0.717) is 12.2 Å². The van der Waals surface area contributed by atoms with Crippen molar-refractivity contribution >= 4 is 11.8 Å². The van der Waals surface area contributed by atoms with Crippen LogP contribution in [-0.4, -0.2) is 18.4 Å². The predicted molar refractivity (Wildman–Crippen MR) is 64.3 cm³/mol. The molecule has 0 saturated carbocycles. The Labute approximate surface area is 102 Å². The first-order valence-electron chi connectivity index (χ1n) is 6.00. The maximum atomic E-state index is 12.4. The van der Waals surface area contributed by atoms with E-state index in [1.807, 2.05) is 41.5 Å². The van der Waals surface area contributed by atoms with Crippen LogP contribution >= 0.6 is 0 Å². The van der Waals surface area contributed by atoms with Gasteiger partial charge in [-0.3, -0.25) is 4.79 Å². The molecule has 0 fully saturated rings. The molecule has 17 heavy (non-hydrogen) atoms. The Kier molecular flexibility index (Phi) is 2.18. The third kappa shape index (κ3) is 1.28. The van der Waals surface area contributed by atoms with Crippen molar-refractivity contribution in [1.82, 2.24) is 0 Å². The number of ether oxygens (including phenoxy) is 1. The van der Waals surface area contributed by atoms with Gasteiger partial charge in [-0.2, -0.15) is 0 Å². The summed E-state index contributed by atoms with van der Waals surface area (Å²) in [5, 5.41) is 0. The molecule has 0 amide bonds. The maximum Gasteiger partial charge on any atom is 0.341 e. The molecule has 0 spiro atoms. The van der Waals surface area contributed by atoms with Crippen LogP contribution in [0.2, 0.25) is 0 Å². The predicted octanol–water partition coefficient (Wildman–Crippen LogP) is 2.50. The van der Waals surface area contributed by atoms with Gasteiger partial charge in [0, 0.05) is 10.8 Å². The lowest BCUT2D eigenvalue weighted by molar-refractivity contribution is -0.144. The van der Waals surface area contributed by atoms with Gasteiger partial charge in [0.2, 0.25) is 0 Å². The van der Waals surface area contributed by atoms with Gasteiger partial charge in [0.05, 0.1) is 0 Å². The normalized spacial score (nSPS) is 29.1. The fraction of sp³-hybridized carbons (Fsp3) is 0.714. The van der Waals surface area contributed by atoms with Crippen molar-refractivity contribution in [2.75, 3.05) is 6.61 Å². The van der Waals surface area contributed by atoms with E-state index >= 15 is 0 Å². The second-order valence-corrected chi connectivity index (χ2v) is 6.79. The van der Waals surface area contributed by atoms with Crippen molar-refractivity contribution in [2.24, 2.45) is 16.2 Å². The second kappa shape index (κ2) is 3.01. The average Bonchev–Trinajstić information content (AvgIpc) is 2.32. The van der Waals surface area contributed by atoms with Crippen molar-refractivity contribution in [1.29, 1.82) is 0 Å². The minimum absolute atomic E-state index is 0.0738. The van der Waals surface area contributed by atoms with Crippen LogP contribution in [0.3, 0.4) is 0 Å². The monoisotopic (exact) mass is 236 g/mol. The number of carbonyl (C=O) groups excluding carboxylic acids is 2. The fourth-order valence-corrected chi connectivity index (χ4v) is 3.10. The van der Waals surface area contributed by atoms with E-state index in [-0.39, 0.29) is 16.6 Å². The largest absolute Gasteiger partial charge is 0.461 e. The highest BCUT2D eigenvalue weighted by Gasteiger charge is 2.60. The van der Waals surface area contributed by atoms with Crippen molar-refractivity contribution in [2.45, 2.75) is 41.5 Å². The molecule has 0 atom stereocenters. The van der Waals surface area contributed by atoms with Crippen molar-refractivity contribution in [3.05, 3.63) is 11.1 Å². The molecule has 0 aromatic heterocycles. The van der Waals surface area contributed by atoms with Crippen LogP contribution in [-0.2, 0) is 14.3 Å².